The maximum Gasteiger partial charge on any atom is 0.253 e. The third-order valence-electron chi connectivity index (χ3n) is 4.60. The molecule has 0 saturated heterocycles. The van der Waals surface area contributed by atoms with Crippen molar-refractivity contribution in [1.82, 2.24) is 4.90 Å². The largest absolute Gasteiger partial charge is 0.494 e. The van der Waals surface area contributed by atoms with Crippen LogP contribution in [-0.2, 0) is 4.74 Å². The molecule has 134 valence electrons. The molecule has 3 N–H and O–H groups in total. The van der Waals surface area contributed by atoms with Crippen LogP contribution in [0.15, 0.2) is 24.3 Å². The van der Waals surface area contributed by atoms with Crippen LogP contribution in [0.25, 0.3) is 0 Å². The number of hydrogen-bond donors (Lipinski definition) is 2. The standard InChI is InChI=1S/C18H28N2O4/c1-20(15-5-3-6-16(23-2)17(15)21)18(22)13-7-9-14(10-8-13)24-12-4-11-19/h7-10,15-17,21H,3-6,11-12,19H2,1-2H3/t15-,16-,17-/m1/s1. The normalized spacial score (nSPS) is 23.8. The SMILES string of the molecule is CO[C@@H]1CCC[C@@H](N(C)C(=O)c2ccc(OCCCN)cc2)[C@H]1O. The highest BCUT2D eigenvalue weighted by molar-refractivity contribution is 5.94. The van der Waals surface area contributed by atoms with Gasteiger partial charge in [0.25, 0.3) is 5.91 Å². The number of nitrogens with two attached hydrogens (primary N) is 1. The van der Waals surface area contributed by atoms with Crippen molar-refractivity contribution >= 4 is 5.91 Å². The number of carbonyl (C=O) groups is 1. The van der Waals surface area contributed by atoms with E-state index < -0.39 is 6.10 Å². The van der Waals surface area contributed by atoms with Crippen molar-refractivity contribution in [2.45, 2.75) is 43.9 Å². The number of carbonyl (C=O) groups excluding carboxylic acids is 1. The van der Waals surface area contributed by atoms with E-state index in [9.17, 15) is 9.90 Å². The zero-order valence-corrected chi connectivity index (χ0v) is 14.5. The number of nitrogens with zero attached hydrogens (tertiary/aromatic N) is 1. The number of aliphatic hydroxyl groups is 1. The van der Waals surface area contributed by atoms with Crippen LogP contribution < -0.4 is 10.5 Å². The Balaban J connectivity index is 1.99. The number of methoxy groups -OCH3 is 1. The molecule has 2 rings (SSSR count). The topological polar surface area (TPSA) is 85.0 Å². The molecule has 3 atom stereocenters. The Morgan fingerprint density at radius 1 is 1.33 bits per heavy atom. The lowest BCUT2D eigenvalue weighted by Gasteiger charge is -2.39. The Kier molecular flexibility index (Phi) is 7.02. The summed E-state index contributed by atoms with van der Waals surface area (Å²) in [6.07, 6.45) is 2.47. The third kappa shape index (κ3) is 4.47. The van der Waals surface area contributed by atoms with Gasteiger partial charge in [-0.25, -0.2) is 0 Å². The molecule has 1 aromatic rings. The van der Waals surface area contributed by atoms with Crippen LogP contribution in [0.5, 0.6) is 5.75 Å². The molecule has 6 heteroatoms. The molecule has 1 amide bonds. The maximum absolute atomic E-state index is 12.7. The van der Waals surface area contributed by atoms with Crippen molar-refractivity contribution in [1.29, 1.82) is 0 Å². The highest BCUT2D eigenvalue weighted by Crippen LogP contribution is 2.26. The number of benzene rings is 1. The Labute approximate surface area is 143 Å². The average molecular weight is 336 g/mol. The summed E-state index contributed by atoms with van der Waals surface area (Å²) >= 11 is 0. The van der Waals surface area contributed by atoms with Crippen molar-refractivity contribution in [3.63, 3.8) is 0 Å². The Bertz CT molecular complexity index is 520. The van der Waals surface area contributed by atoms with Gasteiger partial charge in [0.15, 0.2) is 0 Å². The molecule has 1 fully saturated rings. The number of amides is 1. The molecule has 0 radical (unpaired) electrons. The predicted molar refractivity (Wildman–Crippen MR) is 92.1 cm³/mol. The number of rotatable bonds is 7. The van der Waals surface area contributed by atoms with Gasteiger partial charge in [-0.15, -0.1) is 0 Å². The summed E-state index contributed by atoms with van der Waals surface area (Å²) in [5.41, 5.74) is 6.01. The van der Waals surface area contributed by atoms with Crippen LogP contribution in [0, 0.1) is 0 Å². The average Bonchev–Trinajstić information content (AvgIpc) is 2.61. The first-order valence-corrected chi connectivity index (χ1v) is 8.49. The van der Waals surface area contributed by atoms with Crippen LogP contribution in [0.1, 0.15) is 36.0 Å². The van der Waals surface area contributed by atoms with Gasteiger partial charge in [0.1, 0.15) is 11.9 Å². The van der Waals surface area contributed by atoms with E-state index in [2.05, 4.69) is 0 Å². The minimum absolute atomic E-state index is 0.107. The molecule has 1 saturated carbocycles. The molecular weight excluding hydrogens is 308 g/mol. The number of likely N-dealkylation sites (N-methyl/N-ethyl adjacent to an activating group) is 1. The minimum Gasteiger partial charge on any atom is -0.494 e. The van der Waals surface area contributed by atoms with E-state index in [-0.39, 0.29) is 18.1 Å². The molecule has 1 aliphatic rings. The second-order valence-corrected chi connectivity index (χ2v) is 6.19. The van der Waals surface area contributed by atoms with E-state index in [4.69, 9.17) is 15.2 Å². The van der Waals surface area contributed by atoms with Crippen LogP contribution in [0.3, 0.4) is 0 Å². The minimum atomic E-state index is -0.656. The monoisotopic (exact) mass is 336 g/mol. The second kappa shape index (κ2) is 9.01. The lowest BCUT2D eigenvalue weighted by Crippen LogP contribution is -2.52. The predicted octanol–water partition coefficient (Wildman–Crippen LogP) is 1.41. The quantitative estimate of drug-likeness (QED) is 0.736. The van der Waals surface area contributed by atoms with Gasteiger partial charge in [-0.2, -0.15) is 0 Å². The summed E-state index contributed by atoms with van der Waals surface area (Å²) in [6, 6.07) is 6.84. The zero-order valence-electron chi connectivity index (χ0n) is 14.5. The van der Waals surface area contributed by atoms with Gasteiger partial charge in [0, 0.05) is 19.7 Å². The van der Waals surface area contributed by atoms with Gasteiger partial charge in [-0.1, -0.05) is 0 Å². The molecule has 6 nitrogen and oxygen atoms in total. The highest BCUT2D eigenvalue weighted by atomic mass is 16.5. The van der Waals surface area contributed by atoms with E-state index in [1.807, 2.05) is 0 Å². The first-order valence-electron chi connectivity index (χ1n) is 8.49. The Morgan fingerprint density at radius 3 is 2.67 bits per heavy atom. The Hall–Kier alpha value is -1.63. The van der Waals surface area contributed by atoms with Gasteiger partial charge in [0.05, 0.1) is 18.8 Å². The fourth-order valence-electron chi connectivity index (χ4n) is 3.12. The van der Waals surface area contributed by atoms with Gasteiger partial charge >= 0.3 is 0 Å². The van der Waals surface area contributed by atoms with Crippen molar-refractivity contribution < 1.29 is 19.4 Å². The second-order valence-electron chi connectivity index (χ2n) is 6.19. The van der Waals surface area contributed by atoms with Crippen LogP contribution in [0.2, 0.25) is 0 Å². The van der Waals surface area contributed by atoms with Crippen molar-refractivity contribution in [2.24, 2.45) is 5.73 Å². The van der Waals surface area contributed by atoms with Gasteiger partial charge in [-0.3, -0.25) is 4.79 Å². The van der Waals surface area contributed by atoms with Gasteiger partial charge in [0.2, 0.25) is 0 Å². The number of ether oxygens (including phenoxy) is 2. The summed E-state index contributed by atoms with van der Waals surface area (Å²) in [5.74, 6) is 0.615. The van der Waals surface area contributed by atoms with E-state index in [1.54, 1.807) is 43.3 Å². The molecular formula is C18H28N2O4. The summed E-state index contributed by atoms with van der Waals surface area (Å²) in [7, 11) is 3.33. The lowest BCUT2D eigenvalue weighted by atomic mass is 9.88. The third-order valence-corrected chi connectivity index (χ3v) is 4.60. The highest BCUT2D eigenvalue weighted by Gasteiger charge is 2.36. The van der Waals surface area contributed by atoms with E-state index in [0.29, 0.717) is 18.7 Å². The summed E-state index contributed by atoms with van der Waals surface area (Å²) in [6.45, 7) is 1.16. The van der Waals surface area contributed by atoms with Crippen molar-refractivity contribution in [3.8, 4) is 5.75 Å². The smallest absolute Gasteiger partial charge is 0.253 e. The van der Waals surface area contributed by atoms with E-state index in [0.717, 1.165) is 31.4 Å². The first kappa shape index (κ1) is 18.7. The lowest BCUT2D eigenvalue weighted by molar-refractivity contribution is -0.0714. The summed E-state index contributed by atoms with van der Waals surface area (Å²) < 4.78 is 10.9. The fourth-order valence-corrected chi connectivity index (χ4v) is 3.12. The zero-order chi connectivity index (χ0) is 17.5. The Morgan fingerprint density at radius 2 is 2.04 bits per heavy atom. The van der Waals surface area contributed by atoms with Crippen LogP contribution in [-0.4, -0.2) is 61.5 Å². The molecule has 0 aliphatic heterocycles. The number of aliphatic hydroxyl groups excluding tert-OH is 1. The van der Waals surface area contributed by atoms with Crippen molar-refractivity contribution in [2.75, 3.05) is 27.3 Å². The van der Waals surface area contributed by atoms with Crippen molar-refractivity contribution in [3.05, 3.63) is 29.8 Å². The molecule has 0 unspecified atom stereocenters. The van der Waals surface area contributed by atoms with Gasteiger partial charge < -0.3 is 25.2 Å². The first-order chi connectivity index (χ1) is 11.6. The fraction of sp³-hybridized carbons (Fsp3) is 0.611. The van der Waals surface area contributed by atoms with E-state index >= 15 is 0 Å². The summed E-state index contributed by atoms with van der Waals surface area (Å²) in [4.78, 5) is 14.3. The van der Waals surface area contributed by atoms with Crippen LogP contribution >= 0.6 is 0 Å². The van der Waals surface area contributed by atoms with Crippen LogP contribution in [0.4, 0.5) is 0 Å². The molecule has 24 heavy (non-hydrogen) atoms. The molecule has 1 aromatic carbocycles. The van der Waals surface area contributed by atoms with E-state index in [1.165, 1.54) is 0 Å². The summed E-state index contributed by atoms with van der Waals surface area (Å²) in [5, 5.41) is 10.4. The molecule has 0 aromatic heterocycles. The molecule has 0 bridgehead atoms. The number of hydrogen-bond acceptors (Lipinski definition) is 5. The van der Waals surface area contributed by atoms with Gasteiger partial charge in [-0.05, 0) is 56.5 Å². The molecule has 0 spiro atoms. The molecule has 0 heterocycles. The maximum atomic E-state index is 12.7. The molecule has 1 aliphatic carbocycles.